The molecule has 1 aromatic carbocycles. The Morgan fingerprint density at radius 2 is 2.14 bits per heavy atom. The Morgan fingerprint density at radius 1 is 1.38 bits per heavy atom. The van der Waals surface area contributed by atoms with Gasteiger partial charge in [0.15, 0.2) is 0 Å². The van der Waals surface area contributed by atoms with Gasteiger partial charge in [-0.05, 0) is 63.4 Å². The molecule has 3 heteroatoms. The fraction of sp³-hybridized carbons (Fsp3) is 0.667. The van der Waals surface area contributed by atoms with Gasteiger partial charge in [-0.3, -0.25) is 4.90 Å². The van der Waals surface area contributed by atoms with E-state index in [2.05, 4.69) is 49.3 Å². The van der Waals surface area contributed by atoms with Crippen LogP contribution in [0.5, 0.6) is 5.75 Å². The maximum absolute atomic E-state index is 5.54. The molecule has 0 aliphatic heterocycles. The van der Waals surface area contributed by atoms with Crippen LogP contribution in [-0.4, -0.2) is 31.6 Å². The van der Waals surface area contributed by atoms with Crippen molar-refractivity contribution in [1.82, 2.24) is 10.2 Å². The van der Waals surface area contributed by atoms with Crippen LogP contribution in [0.1, 0.15) is 44.2 Å². The second-order valence-corrected chi connectivity index (χ2v) is 6.32. The molecule has 1 aliphatic carbocycles. The Labute approximate surface area is 129 Å². The molecule has 1 atom stereocenters. The van der Waals surface area contributed by atoms with Crippen molar-refractivity contribution in [2.24, 2.45) is 5.92 Å². The van der Waals surface area contributed by atoms with E-state index in [1.54, 1.807) is 7.11 Å². The molecule has 0 heterocycles. The Bertz CT molecular complexity index is 443. The highest BCUT2D eigenvalue weighted by atomic mass is 16.5. The van der Waals surface area contributed by atoms with E-state index in [9.17, 15) is 0 Å². The van der Waals surface area contributed by atoms with Crippen molar-refractivity contribution in [3.63, 3.8) is 0 Å². The number of benzene rings is 1. The highest BCUT2D eigenvalue weighted by Crippen LogP contribution is 2.35. The minimum absolute atomic E-state index is 0.663. The van der Waals surface area contributed by atoms with E-state index >= 15 is 0 Å². The zero-order valence-corrected chi connectivity index (χ0v) is 14.0. The summed E-state index contributed by atoms with van der Waals surface area (Å²) < 4.78 is 5.54. The highest BCUT2D eigenvalue weighted by Gasteiger charge is 2.30. The summed E-state index contributed by atoms with van der Waals surface area (Å²) in [4.78, 5) is 2.46. The van der Waals surface area contributed by atoms with Crippen molar-refractivity contribution in [3.05, 3.63) is 29.3 Å². The molecule has 1 aromatic rings. The lowest BCUT2D eigenvalue weighted by molar-refractivity contribution is 0.223. The lowest BCUT2D eigenvalue weighted by atomic mass is 10.1. The monoisotopic (exact) mass is 290 g/mol. The summed E-state index contributed by atoms with van der Waals surface area (Å²) in [6, 6.07) is 7.22. The number of hydrogen-bond acceptors (Lipinski definition) is 3. The minimum Gasteiger partial charge on any atom is -0.496 e. The molecule has 0 amide bonds. The molecule has 0 saturated heterocycles. The maximum Gasteiger partial charge on any atom is 0.123 e. The van der Waals surface area contributed by atoms with Crippen LogP contribution < -0.4 is 10.1 Å². The lowest BCUT2D eigenvalue weighted by Crippen LogP contribution is -2.30. The van der Waals surface area contributed by atoms with Gasteiger partial charge in [0.05, 0.1) is 7.11 Å². The number of methoxy groups -OCH3 is 1. The largest absolute Gasteiger partial charge is 0.496 e. The third-order valence-electron chi connectivity index (χ3n) is 4.52. The normalized spacial score (nSPS) is 16.2. The van der Waals surface area contributed by atoms with Gasteiger partial charge < -0.3 is 10.1 Å². The summed E-state index contributed by atoms with van der Waals surface area (Å²) in [7, 11) is 3.99. The summed E-state index contributed by atoms with van der Waals surface area (Å²) in [5.74, 6) is 1.90. The van der Waals surface area contributed by atoms with Crippen molar-refractivity contribution in [2.45, 2.75) is 52.2 Å². The summed E-state index contributed by atoms with van der Waals surface area (Å²) >= 11 is 0. The van der Waals surface area contributed by atoms with Gasteiger partial charge in [-0.2, -0.15) is 0 Å². The molecule has 1 N–H and O–H groups in total. The van der Waals surface area contributed by atoms with Crippen molar-refractivity contribution in [2.75, 3.05) is 20.7 Å². The lowest BCUT2D eigenvalue weighted by Gasteiger charge is -2.25. The van der Waals surface area contributed by atoms with Crippen LogP contribution in [0.15, 0.2) is 18.2 Å². The molecule has 3 nitrogen and oxygen atoms in total. The summed E-state index contributed by atoms with van der Waals surface area (Å²) in [6.07, 6.45) is 3.96. The molecule has 0 aromatic heterocycles. The Hall–Kier alpha value is -1.06. The van der Waals surface area contributed by atoms with Crippen LogP contribution in [0.25, 0.3) is 0 Å². The van der Waals surface area contributed by atoms with Crippen LogP contribution in [0.2, 0.25) is 0 Å². The van der Waals surface area contributed by atoms with E-state index in [0.29, 0.717) is 6.04 Å². The summed E-state index contributed by atoms with van der Waals surface area (Å²) in [5, 5.41) is 3.47. The van der Waals surface area contributed by atoms with Crippen molar-refractivity contribution in [1.29, 1.82) is 0 Å². The Morgan fingerprint density at radius 3 is 2.76 bits per heavy atom. The molecule has 0 spiro atoms. The van der Waals surface area contributed by atoms with E-state index in [1.807, 2.05) is 0 Å². The van der Waals surface area contributed by atoms with Crippen LogP contribution >= 0.6 is 0 Å². The van der Waals surface area contributed by atoms with Crippen LogP contribution in [0, 0.1) is 5.92 Å². The second kappa shape index (κ2) is 7.81. The van der Waals surface area contributed by atoms with Gasteiger partial charge in [0.2, 0.25) is 0 Å². The average molecular weight is 290 g/mol. The quantitative estimate of drug-likeness (QED) is 0.705. The molecule has 118 valence electrons. The molecule has 0 radical (unpaired) electrons. The van der Waals surface area contributed by atoms with E-state index in [4.69, 9.17) is 4.74 Å². The minimum atomic E-state index is 0.663. The van der Waals surface area contributed by atoms with Crippen LogP contribution in [-0.2, 0) is 13.1 Å². The van der Waals surface area contributed by atoms with E-state index in [-0.39, 0.29) is 0 Å². The first-order chi connectivity index (χ1) is 10.2. The molecule has 1 aliphatic rings. The molecular weight excluding hydrogens is 260 g/mol. The number of hydrogen-bond donors (Lipinski definition) is 1. The fourth-order valence-electron chi connectivity index (χ4n) is 2.83. The van der Waals surface area contributed by atoms with Gasteiger partial charge in [0.25, 0.3) is 0 Å². The standard InChI is InChI=1S/C18H30N2O/c1-5-10-19-12-15-6-9-18(21-4)17(11-15)13-20(3)14(2)16-7-8-16/h6,9,11,14,16,19H,5,7-8,10,12-13H2,1-4H3. The van der Waals surface area contributed by atoms with Gasteiger partial charge in [-0.15, -0.1) is 0 Å². The average Bonchev–Trinajstić information content (AvgIpc) is 3.31. The zero-order valence-electron chi connectivity index (χ0n) is 14.0. The molecular formula is C18H30N2O. The van der Waals surface area contributed by atoms with Crippen LogP contribution in [0.3, 0.4) is 0 Å². The Balaban J connectivity index is 2.02. The topological polar surface area (TPSA) is 24.5 Å². The molecule has 0 bridgehead atoms. The van der Waals surface area contributed by atoms with E-state index < -0.39 is 0 Å². The predicted octanol–water partition coefficient (Wildman–Crippen LogP) is 3.43. The highest BCUT2D eigenvalue weighted by molar-refractivity contribution is 5.37. The predicted molar refractivity (Wildman–Crippen MR) is 88.6 cm³/mol. The van der Waals surface area contributed by atoms with Gasteiger partial charge >= 0.3 is 0 Å². The van der Waals surface area contributed by atoms with E-state index in [1.165, 1.54) is 30.4 Å². The number of nitrogens with zero attached hydrogens (tertiary/aromatic N) is 1. The first-order valence-corrected chi connectivity index (χ1v) is 8.22. The molecule has 1 saturated carbocycles. The van der Waals surface area contributed by atoms with Gasteiger partial charge in [-0.1, -0.05) is 13.0 Å². The SMILES string of the molecule is CCCNCc1ccc(OC)c(CN(C)C(C)C2CC2)c1. The van der Waals surface area contributed by atoms with Crippen molar-refractivity contribution in [3.8, 4) is 5.75 Å². The molecule has 1 unspecified atom stereocenters. The first-order valence-electron chi connectivity index (χ1n) is 8.22. The first kappa shape index (κ1) is 16.3. The number of rotatable bonds is 9. The zero-order chi connectivity index (χ0) is 15.2. The maximum atomic E-state index is 5.54. The number of ether oxygens (including phenoxy) is 1. The summed E-state index contributed by atoms with van der Waals surface area (Å²) in [5.41, 5.74) is 2.63. The van der Waals surface area contributed by atoms with E-state index in [0.717, 1.165) is 31.3 Å². The van der Waals surface area contributed by atoms with Gasteiger partial charge in [0.1, 0.15) is 5.75 Å². The van der Waals surface area contributed by atoms with Gasteiger partial charge in [-0.25, -0.2) is 0 Å². The molecule has 1 fully saturated rings. The smallest absolute Gasteiger partial charge is 0.123 e. The van der Waals surface area contributed by atoms with Crippen molar-refractivity contribution >= 4 is 0 Å². The molecule has 2 rings (SSSR count). The number of nitrogens with one attached hydrogen (secondary N) is 1. The third kappa shape index (κ3) is 4.72. The summed E-state index contributed by atoms with van der Waals surface area (Å²) in [6.45, 7) is 7.51. The second-order valence-electron chi connectivity index (χ2n) is 6.32. The fourth-order valence-corrected chi connectivity index (χ4v) is 2.83. The van der Waals surface area contributed by atoms with Gasteiger partial charge in [0, 0.05) is 24.7 Å². The van der Waals surface area contributed by atoms with Crippen molar-refractivity contribution < 1.29 is 4.74 Å². The Kier molecular flexibility index (Phi) is 6.07. The third-order valence-corrected chi connectivity index (χ3v) is 4.52. The van der Waals surface area contributed by atoms with Crippen LogP contribution in [0.4, 0.5) is 0 Å². The molecule has 21 heavy (non-hydrogen) atoms.